The molecule has 8 heteroatoms. The summed E-state index contributed by atoms with van der Waals surface area (Å²) in [7, 11) is -9.71. The van der Waals surface area contributed by atoms with Crippen LogP contribution >= 0.6 is 0 Å². The molecule has 0 bridgehead atoms. The number of hydrogen-bond donors (Lipinski definition) is 2. The molecule has 1 unspecified atom stereocenters. The maximum Gasteiger partial charge on any atom is 0.287 e. The minimum Gasteiger partial charge on any atom is -0.284 e. The van der Waals surface area contributed by atoms with E-state index >= 15 is 0 Å². The van der Waals surface area contributed by atoms with Gasteiger partial charge < -0.3 is 0 Å². The Bertz CT molecular complexity index is 547. The molecule has 2 aliphatic carbocycles. The fourth-order valence-corrected chi connectivity index (χ4v) is 5.96. The van der Waals surface area contributed by atoms with E-state index in [9.17, 15) is 25.9 Å². The van der Waals surface area contributed by atoms with Crippen molar-refractivity contribution in [1.82, 2.24) is 0 Å². The molecule has 1 saturated carbocycles. The van der Waals surface area contributed by atoms with E-state index in [0.717, 1.165) is 19.3 Å². The zero-order chi connectivity index (χ0) is 15.0. The topological polar surface area (TPSA) is 109 Å². The summed E-state index contributed by atoms with van der Waals surface area (Å²) >= 11 is 0. The van der Waals surface area contributed by atoms with Gasteiger partial charge in [-0.25, -0.2) is 0 Å². The third-order valence-corrected chi connectivity index (χ3v) is 8.59. The normalized spacial score (nSPS) is 28.4. The molecule has 1 atom stereocenters. The Hall–Kier alpha value is -0.440. The number of rotatable bonds is 3. The molecule has 6 nitrogen and oxygen atoms in total. The zero-order valence-electron chi connectivity index (χ0n) is 11.1. The zero-order valence-corrected chi connectivity index (χ0v) is 12.7. The summed E-state index contributed by atoms with van der Waals surface area (Å²) in [5, 5.41) is 0. The van der Waals surface area contributed by atoms with E-state index in [4.69, 9.17) is 0 Å². The van der Waals surface area contributed by atoms with Crippen molar-refractivity contribution in [3.05, 3.63) is 12.2 Å². The second-order valence-electron chi connectivity index (χ2n) is 5.72. The minimum atomic E-state index is -4.86. The quantitative estimate of drug-likeness (QED) is 0.607. The molecule has 2 rings (SSSR count). The maximum absolute atomic E-state index is 11.4. The molecule has 0 radical (unpaired) electrons. The Morgan fingerprint density at radius 2 is 1.50 bits per heavy atom. The van der Waals surface area contributed by atoms with Crippen molar-refractivity contribution in [3.8, 4) is 0 Å². The van der Waals surface area contributed by atoms with Gasteiger partial charge in [-0.2, -0.15) is 16.8 Å². The first-order valence-corrected chi connectivity index (χ1v) is 9.66. The lowest BCUT2D eigenvalue weighted by Gasteiger charge is -2.37. The Labute approximate surface area is 119 Å². The highest BCUT2D eigenvalue weighted by Gasteiger charge is 2.56. The molecular weight excluding hydrogens is 304 g/mol. The molecule has 0 aromatic carbocycles. The summed E-state index contributed by atoms with van der Waals surface area (Å²) in [5.41, 5.74) is 0. The van der Waals surface area contributed by atoms with E-state index < -0.39 is 24.3 Å². The third kappa shape index (κ3) is 2.79. The van der Waals surface area contributed by atoms with Crippen LogP contribution in [0.1, 0.15) is 44.9 Å². The highest BCUT2D eigenvalue weighted by molar-refractivity contribution is 8.05. The molecule has 2 N–H and O–H groups in total. The Balaban J connectivity index is 2.19. The van der Waals surface area contributed by atoms with Gasteiger partial charge >= 0.3 is 0 Å². The van der Waals surface area contributed by atoms with Crippen LogP contribution in [-0.2, 0) is 20.2 Å². The van der Waals surface area contributed by atoms with E-state index in [1.165, 1.54) is 0 Å². The van der Waals surface area contributed by atoms with E-state index in [2.05, 4.69) is 12.2 Å². The van der Waals surface area contributed by atoms with Crippen LogP contribution in [0.15, 0.2) is 12.2 Å². The SMILES string of the molecule is O=S(=O)(O)C1(S(=O)(=O)O)CCC(C2C=CCCC2)CC1. The van der Waals surface area contributed by atoms with Gasteiger partial charge in [0.05, 0.1) is 0 Å². The van der Waals surface area contributed by atoms with Crippen molar-refractivity contribution in [1.29, 1.82) is 0 Å². The van der Waals surface area contributed by atoms with Crippen molar-refractivity contribution in [3.63, 3.8) is 0 Å². The predicted octanol–water partition coefficient (Wildman–Crippen LogP) is 2.00. The highest BCUT2D eigenvalue weighted by atomic mass is 32.3. The van der Waals surface area contributed by atoms with Gasteiger partial charge in [-0.1, -0.05) is 12.2 Å². The van der Waals surface area contributed by atoms with Gasteiger partial charge in [-0.15, -0.1) is 0 Å². The Morgan fingerprint density at radius 1 is 0.950 bits per heavy atom. The van der Waals surface area contributed by atoms with Gasteiger partial charge in [-0.3, -0.25) is 9.11 Å². The lowest BCUT2D eigenvalue weighted by atomic mass is 9.76. The first-order valence-electron chi connectivity index (χ1n) is 6.78. The fraction of sp³-hybridized carbons (Fsp3) is 0.833. The van der Waals surface area contributed by atoms with Crippen LogP contribution in [0.4, 0.5) is 0 Å². The maximum atomic E-state index is 11.4. The fourth-order valence-electron chi connectivity index (χ4n) is 3.39. The molecule has 0 heterocycles. The molecule has 116 valence electrons. The summed E-state index contributed by atoms with van der Waals surface area (Å²) < 4.78 is 61.8. The number of hydrogen-bond acceptors (Lipinski definition) is 4. The van der Waals surface area contributed by atoms with Gasteiger partial charge in [0.15, 0.2) is 0 Å². The van der Waals surface area contributed by atoms with Gasteiger partial charge in [0, 0.05) is 0 Å². The van der Waals surface area contributed by atoms with Crippen LogP contribution in [-0.4, -0.2) is 30.0 Å². The van der Waals surface area contributed by atoms with E-state index in [-0.39, 0.29) is 18.8 Å². The molecule has 1 fully saturated rings. The summed E-state index contributed by atoms with van der Waals surface area (Å²) in [6.07, 6.45) is 7.60. The van der Waals surface area contributed by atoms with Crippen molar-refractivity contribution in [2.75, 3.05) is 0 Å². The van der Waals surface area contributed by atoms with Crippen LogP contribution in [0.2, 0.25) is 0 Å². The van der Waals surface area contributed by atoms with E-state index in [1.54, 1.807) is 0 Å². The van der Waals surface area contributed by atoms with E-state index in [0.29, 0.717) is 18.8 Å². The first kappa shape index (κ1) is 15.9. The van der Waals surface area contributed by atoms with Gasteiger partial charge in [0.2, 0.25) is 4.08 Å². The molecule has 0 aliphatic heterocycles. The molecule has 0 amide bonds. The van der Waals surface area contributed by atoms with Gasteiger partial charge in [0.25, 0.3) is 20.2 Å². The average Bonchev–Trinajstić information content (AvgIpc) is 2.37. The van der Waals surface area contributed by atoms with Gasteiger partial charge in [0.1, 0.15) is 0 Å². The second-order valence-corrected chi connectivity index (χ2v) is 9.44. The van der Waals surface area contributed by atoms with Crippen LogP contribution in [0, 0.1) is 11.8 Å². The average molecular weight is 324 g/mol. The van der Waals surface area contributed by atoms with Crippen LogP contribution in [0.3, 0.4) is 0 Å². The van der Waals surface area contributed by atoms with Crippen LogP contribution in [0.25, 0.3) is 0 Å². The highest BCUT2D eigenvalue weighted by Crippen LogP contribution is 2.44. The van der Waals surface area contributed by atoms with Crippen molar-refractivity contribution < 1.29 is 25.9 Å². The van der Waals surface area contributed by atoms with Crippen molar-refractivity contribution in [2.45, 2.75) is 49.0 Å². The van der Waals surface area contributed by atoms with Crippen LogP contribution in [0.5, 0.6) is 0 Å². The largest absolute Gasteiger partial charge is 0.287 e. The third-order valence-electron chi connectivity index (χ3n) is 4.63. The summed E-state index contributed by atoms with van der Waals surface area (Å²) in [6.45, 7) is 0. The molecule has 0 spiro atoms. The smallest absolute Gasteiger partial charge is 0.284 e. The molecule has 20 heavy (non-hydrogen) atoms. The summed E-state index contributed by atoms with van der Waals surface area (Å²) in [4.78, 5) is 0. The van der Waals surface area contributed by atoms with Crippen molar-refractivity contribution >= 4 is 20.2 Å². The molecule has 2 aliphatic rings. The molecule has 0 aromatic heterocycles. The lowest BCUT2D eigenvalue weighted by Crippen LogP contribution is -2.49. The second kappa shape index (κ2) is 5.40. The summed E-state index contributed by atoms with van der Waals surface area (Å²) in [5.74, 6) is 0.549. The number of allylic oxidation sites excluding steroid dienone is 2. The van der Waals surface area contributed by atoms with Gasteiger partial charge in [-0.05, 0) is 56.8 Å². The van der Waals surface area contributed by atoms with Crippen LogP contribution < -0.4 is 0 Å². The molecule has 0 aromatic rings. The van der Waals surface area contributed by atoms with E-state index in [1.807, 2.05) is 0 Å². The minimum absolute atomic E-state index is 0.211. The standard InChI is InChI=1S/C12H20O6S2/c13-19(14,15)12(20(16,17)18)8-6-11(7-9-12)10-4-2-1-3-5-10/h2,4,10-11H,1,3,5-9H2,(H,13,14,15)(H,16,17,18). The summed E-state index contributed by atoms with van der Waals surface area (Å²) in [6, 6.07) is 0. The first-order chi connectivity index (χ1) is 9.17. The lowest BCUT2D eigenvalue weighted by molar-refractivity contribution is 0.245. The molecule has 0 saturated heterocycles. The Kier molecular flexibility index (Phi) is 4.30. The van der Waals surface area contributed by atoms with Crippen molar-refractivity contribution in [2.24, 2.45) is 11.8 Å². The Morgan fingerprint density at radius 3 is 1.90 bits per heavy atom. The molecular formula is C12H20O6S2. The monoisotopic (exact) mass is 324 g/mol. The predicted molar refractivity (Wildman–Crippen MR) is 74.3 cm³/mol.